The molecule has 2 atom stereocenters. The van der Waals surface area contributed by atoms with Crippen molar-refractivity contribution in [3.63, 3.8) is 0 Å². The molecule has 7 nitrogen and oxygen atoms in total. The second-order valence-electron chi connectivity index (χ2n) is 4.53. The number of ether oxygens (including phenoxy) is 1. The zero-order valence-corrected chi connectivity index (χ0v) is 12.4. The minimum Gasteiger partial charge on any atom is -0.481 e. The van der Waals surface area contributed by atoms with E-state index in [9.17, 15) is 9.59 Å². The standard InChI is InChI=1S/C15H19N3O4/c1-3-4-9-22-12-7-5-11(6-8-12)14(19)17-13(10(2)16)15(20)18-21/h5-8,10,13,21H,9,16H2,1-2H3,(H,17,19)(H,18,20)/t10-,13-/m0/s1. The van der Waals surface area contributed by atoms with E-state index in [0.717, 1.165) is 0 Å². The predicted octanol–water partition coefficient (Wildman–Crippen LogP) is 0.0397. The summed E-state index contributed by atoms with van der Waals surface area (Å²) >= 11 is 0. The van der Waals surface area contributed by atoms with E-state index >= 15 is 0 Å². The first-order chi connectivity index (χ1) is 10.5. The summed E-state index contributed by atoms with van der Waals surface area (Å²) in [6, 6.07) is 4.66. The summed E-state index contributed by atoms with van der Waals surface area (Å²) in [6.07, 6.45) is 0. The third kappa shape index (κ3) is 5.09. The summed E-state index contributed by atoms with van der Waals surface area (Å²) in [7, 11) is 0. The number of rotatable bonds is 6. The molecular weight excluding hydrogens is 286 g/mol. The van der Waals surface area contributed by atoms with Crippen molar-refractivity contribution in [2.45, 2.75) is 25.9 Å². The zero-order chi connectivity index (χ0) is 16.5. The topological polar surface area (TPSA) is 114 Å². The van der Waals surface area contributed by atoms with Crippen LogP contribution in [0.3, 0.4) is 0 Å². The number of hydrogen-bond donors (Lipinski definition) is 4. The maximum absolute atomic E-state index is 12.1. The highest BCUT2D eigenvalue weighted by Gasteiger charge is 2.24. The smallest absolute Gasteiger partial charge is 0.267 e. The van der Waals surface area contributed by atoms with Gasteiger partial charge in [-0.1, -0.05) is 5.92 Å². The Bertz CT molecular complexity index is 573. The first kappa shape index (κ1) is 17.5. The Morgan fingerprint density at radius 2 is 2.00 bits per heavy atom. The highest BCUT2D eigenvalue weighted by molar-refractivity contribution is 5.97. The lowest BCUT2D eigenvalue weighted by molar-refractivity contribution is -0.131. The fourth-order valence-electron chi connectivity index (χ4n) is 1.62. The predicted molar refractivity (Wildman–Crippen MR) is 80.2 cm³/mol. The fraction of sp³-hybridized carbons (Fsp3) is 0.333. The second-order valence-corrected chi connectivity index (χ2v) is 4.53. The average Bonchev–Trinajstić information content (AvgIpc) is 2.52. The van der Waals surface area contributed by atoms with E-state index in [2.05, 4.69) is 17.2 Å². The third-order valence-corrected chi connectivity index (χ3v) is 2.81. The molecule has 1 aromatic carbocycles. The number of nitrogens with one attached hydrogen (secondary N) is 2. The van der Waals surface area contributed by atoms with Crippen molar-refractivity contribution < 1.29 is 19.5 Å². The molecule has 118 valence electrons. The molecule has 1 aromatic rings. The van der Waals surface area contributed by atoms with Gasteiger partial charge in [0, 0.05) is 11.6 Å². The van der Waals surface area contributed by atoms with Crippen molar-refractivity contribution in [1.82, 2.24) is 10.8 Å². The molecule has 22 heavy (non-hydrogen) atoms. The molecule has 2 amide bonds. The van der Waals surface area contributed by atoms with E-state index in [1.165, 1.54) is 5.48 Å². The van der Waals surface area contributed by atoms with Gasteiger partial charge in [-0.3, -0.25) is 14.8 Å². The van der Waals surface area contributed by atoms with E-state index in [0.29, 0.717) is 11.3 Å². The van der Waals surface area contributed by atoms with Gasteiger partial charge in [0.1, 0.15) is 18.4 Å². The Hall–Kier alpha value is -2.56. The number of carbonyl (C=O) groups excluding carboxylic acids is 2. The van der Waals surface area contributed by atoms with Gasteiger partial charge in [0.2, 0.25) is 0 Å². The molecule has 0 fully saturated rings. The largest absolute Gasteiger partial charge is 0.481 e. The van der Waals surface area contributed by atoms with Gasteiger partial charge in [0.25, 0.3) is 11.8 Å². The summed E-state index contributed by atoms with van der Waals surface area (Å²) in [4.78, 5) is 23.5. The van der Waals surface area contributed by atoms with Gasteiger partial charge in [-0.05, 0) is 38.1 Å². The Morgan fingerprint density at radius 3 is 2.50 bits per heavy atom. The van der Waals surface area contributed by atoms with Gasteiger partial charge in [0.15, 0.2) is 0 Å². The maximum atomic E-state index is 12.1. The van der Waals surface area contributed by atoms with Crippen LogP contribution in [0.25, 0.3) is 0 Å². The molecule has 0 heterocycles. The lowest BCUT2D eigenvalue weighted by Crippen LogP contribution is -2.54. The summed E-state index contributed by atoms with van der Waals surface area (Å²) in [5, 5.41) is 11.1. The molecule has 0 bridgehead atoms. The Balaban J connectivity index is 2.71. The average molecular weight is 305 g/mol. The van der Waals surface area contributed by atoms with Gasteiger partial charge in [-0.2, -0.15) is 0 Å². The minimum absolute atomic E-state index is 0.269. The molecule has 5 N–H and O–H groups in total. The van der Waals surface area contributed by atoms with Crippen molar-refractivity contribution in [3.05, 3.63) is 29.8 Å². The first-order valence-electron chi connectivity index (χ1n) is 6.62. The molecule has 0 radical (unpaired) electrons. The summed E-state index contributed by atoms with van der Waals surface area (Å²) in [5.41, 5.74) is 7.42. The quantitative estimate of drug-likeness (QED) is 0.337. The number of hydroxylamine groups is 1. The van der Waals surface area contributed by atoms with E-state index in [-0.39, 0.29) is 6.61 Å². The molecule has 0 saturated carbocycles. The van der Waals surface area contributed by atoms with Crippen LogP contribution in [0, 0.1) is 11.8 Å². The number of nitrogens with two attached hydrogens (primary N) is 1. The summed E-state index contributed by atoms with van der Waals surface area (Å²) < 4.78 is 5.33. The monoisotopic (exact) mass is 305 g/mol. The summed E-state index contributed by atoms with van der Waals surface area (Å²) in [6.45, 7) is 3.53. The van der Waals surface area contributed by atoms with Crippen LogP contribution in [0.4, 0.5) is 0 Å². The van der Waals surface area contributed by atoms with Gasteiger partial charge >= 0.3 is 0 Å². The molecule has 0 aliphatic heterocycles. The second kappa shape index (κ2) is 8.67. The molecule has 1 rings (SSSR count). The Morgan fingerprint density at radius 1 is 1.36 bits per heavy atom. The van der Waals surface area contributed by atoms with Crippen molar-refractivity contribution >= 4 is 11.8 Å². The number of benzene rings is 1. The van der Waals surface area contributed by atoms with E-state index in [4.69, 9.17) is 15.7 Å². The highest BCUT2D eigenvalue weighted by atomic mass is 16.5. The molecule has 0 spiro atoms. The van der Waals surface area contributed by atoms with Crippen LogP contribution in [-0.4, -0.2) is 35.7 Å². The van der Waals surface area contributed by atoms with Crippen LogP contribution in [-0.2, 0) is 4.79 Å². The fourth-order valence-corrected chi connectivity index (χ4v) is 1.62. The number of carbonyl (C=O) groups is 2. The van der Waals surface area contributed by atoms with Gasteiger partial charge in [-0.25, -0.2) is 5.48 Å². The van der Waals surface area contributed by atoms with Crippen LogP contribution in [0.5, 0.6) is 5.75 Å². The van der Waals surface area contributed by atoms with Gasteiger partial charge < -0.3 is 15.8 Å². The lowest BCUT2D eigenvalue weighted by Gasteiger charge is -2.20. The third-order valence-electron chi connectivity index (χ3n) is 2.81. The SMILES string of the molecule is CC#CCOc1ccc(C(=O)N[C@H](C(=O)NO)[C@H](C)N)cc1. The van der Waals surface area contributed by atoms with Gasteiger partial charge in [-0.15, -0.1) is 5.92 Å². The molecule has 0 unspecified atom stereocenters. The van der Waals surface area contributed by atoms with Crippen molar-refractivity contribution in [3.8, 4) is 17.6 Å². The minimum atomic E-state index is -1.03. The van der Waals surface area contributed by atoms with E-state index < -0.39 is 23.9 Å². The zero-order valence-electron chi connectivity index (χ0n) is 12.4. The number of hydrogen-bond acceptors (Lipinski definition) is 5. The molecule has 0 aliphatic carbocycles. The first-order valence-corrected chi connectivity index (χ1v) is 6.62. The van der Waals surface area contributed by atoms with Crippen LogP contribution >= 0.6 is 0 Å². The van der Waals surface area contributed by atoms with E-state index in [1.54, 1.807) is 38.1 Å². The number of amides is 2. The Labute approximate surface area is 128 Å². The molecule has 0 saturated heterocycles. The van der Waals surface area contributed by atoms with Crippen LogP contribution in [0.2, 0.25) is 0 Å². The molecule has 0 aliphatic rings. The van der Waals surface area contributed by atoms with Gasteiger partial charge in [0.05, 0.1) is 0 Å². The van der Waals surface area contributed by atoms with Crippen molar-refractivity contribution in [1.29, 1.82) is 0 Å². The Kier molecular flexibility index (Phi) is 6.89. The van der Waals surface area contributed by atoms with Crippen molar-refractivity contribution in [2.24, 2.45) is 5.73 Å². The van der Waals surface area contributed by atoms with Crippen LogP contribution in [0.15, 0.2) is 24.3 Å². The normalized spacial score (nSPS) is 12.4. The van der Waals surface area contributed by atoms with Crippen molar-refractivity contribution in [2.75, 3.05) is 6.61 Å². The molecule has 0 aromatic heterocycles. The van der Waals surface area contributed by atoms with E-state index in [1.807, 2.05) is 0 Å². The summed E-state index contributed by atoms with van der Waals surface area (Å²) in [5.74, 6) is 4.79. The highest BCUT2D eigenvalue weighted by Crippen LogP contribution is 2.12. The van der Waals surface area contributed by atoms with Crippen LogP contribution < -0.4 is 21.3 Å². The van der Waals surface area contributed by atoms with Crippen LogP contribution in [0.1, 0.15) is 24.2 Å². The molecular formula is C15H19N3O4. The maximum Gasteiger partial charge on any atom is 0.267 e. The lowest BCUT2D eigenvalue weighted by atomic mass is 10.1. The molecule has 7 heteroatoms.